The van der Waals surface area contributed by atoms with Crippen LogP contribution in [-0.2, 0) is 21.1 Å². The van der Waals surface area contributed by atoms with Crippen molar-refractivity contribution >= 4 is 27.5 Å². The van der Waals surface area contributed by atoms with Crippen molar-refractivity contribution in [3.05, 3.63) is 29.8 Å². The van der Waals surface area contributed by atoms with E-state index in [9.17, 15) is 13.2 Å². The Morgan fingerprint density at radius 3 is 2.47 bits per heavy atom. The molecule has 0 aliphatic carbocycles. The molecule has 1 fully saturated rings. The van der Waals surface area contributed by atoms with Crippen molar-refractivity contribution in [1.29, 1.82) is 0 Å². The second-order valence-corrected chi connectivity index (χ2v) is 7.19. The summed E-state index contributed by atoms with van der Waals surface area (Å²) in [5.41, 5.74) is 1.03. The highest BCUT2D eigenvalue weighted by Crippen LogP contribution is 2.20. The Balaban J connectivity index is 2.06. The van der Waals surface area contributed by atoms with Crippen molar-refractivity contribution in [3.8, 4) is 0 Å². The average molecular weight is 271 g/mol. The molecule has 1 saturated heterocycles. The maximum Gasteiger partial charge on any atom is 0.230 e. The Bertz CT molecular complexity index is 522. The van der Waals surface area contributed by atoms with E-state index in [0.29, 0.717) is 10.6 Å². The zero-order chi connectivity index (χ0) is 12.5. The van der Waals surface area contributed by atoms with Crippen LogP contribution in [-0.4, -0.2) is 31.7 Å². The van der Waals surface area contributed by atoms with E-state index in [1.165, 1.54) is 6.26 Å². The molecule has 1 N–H and O–H groups in total. The highest BCUT2D eigenvalue weighted by Gasteiger charge is 2.21. The summed E-state index contributed by atoms with van der Waals surface area (Å²) >= 11 is 1.58. The van der Waals surface area contributed by atoms with Crippen molar-refractivity contribution < 1.29 is 13.2 Å². The number of thioether (sulfide) groups is 1. The van der Waals surface area contributed by atoms with Gasteiger partial charge in [0, 0.05) is 12.7 Å². The van der Waals surface area contributed by atoms with Crippen LogP contribution >= 0.6 is 11.8 Å². The Labute approximate surface area is 105 Å². The fourth-order valence-electron chi connectivity index (χ4n) is 1.64. The molecule has 17 heavy (non-hydrogen) atoms. The second kappa shape index (κ2) is 4.70. The molecule has 0 saturated carbocycles. The maximum absolute atomic E-state index is 11.3. The molecule has 1 atom stereocenters. The smallest absolute Gasteiger partial charge is 0.230 e. The number of hydrogen-bond acceptors (Lipinski definition) is 4. The maximum atomic E-state index is 11.3. The van der Waals surface area contributed by atoms with Crippen LogP contribution in [0.25, 0.3) is 0 Å². The predicted molar refractivity (Wildman–Crippen MR) is 67.6 cm³/mol. The predicted octanol–water partition coefficient (Wildman–Crippen LogP) is 0.822. The molecule has 92 valence electrons. The van der Waals surface area contributed by atoms with Gasteiger partial charge in [0.25, 0.3) is 0 Å². The lowest BCUT2D eigenvalue weighted by atomic mass is 10.1. The summed E-state index contributed by atoms with van der Waals surface area (Å²) in [5, 5.41) is 2.96. The van der Waals surface area contributed by atoms with E-state index < -0.39 is 9.84 Å². The topological polar surface area (TPSA) is 63.2 Å². The number of rotatable bonds is 3. The Hall–Kier alpha value is -1.01. The van der Waals surface area contributed by atoms with Crippen molar-refractivity contribution in [2.75, 3.05) is 12.0 Å². The standard InChI is InChI=1S/C11H13NO3S2/c1-17(14,15)9-4-2-8(3-5-9)6-11-12-10(13)7-16-11/h2-5,11H,6-7H2,1H3,(H,12,13). The van der Waals surface area contributed by atoms with Crippen LogP contribution in [0.4, 0.5) is 0 Å². The van der Waals surface area contributed by atoms with Crippen molar-refractivity contribution in [3.63, 3.8) is 0 Å². The molecule has 1 amide bonds. The molecule has 0 bridgehead atoms. The first kappa shape index (κ1) is 12.4. The number of sulfone groups is 1. The highest BCUT2D eigenvalue weighted by atomic mass is 32.2. The zero-order valence-electron chi connectivity index (χ0n) is 9.34. The molecule has 0 radical (unpaired) electrons. The summed E-state index contributed by atoms with van der Waals surface area (Å²) in [6, 6.07) is 6.79. The third-order valence-electron chi connectivity index (χ3n) is 2.51. The zero-order valence-corrected chi connectivity index (χ0v) is 11.0. The minimum absolute atomic E-state index is 0.0627. The molecule has 1 aliphatic rings. The molecule has 1 aromatic carbocycles. The minimum atomic E-state index is -3.13. The van der Waals surface area contributed by atoms with Gasteiger partial charge >= 0.3 is 0 Å². The number of hydrogen-bond donors (Lipinski definition) is 1. The molecule has 1 unspecified atom stereocenters. The second-order valence-electron chi connectivity index (χ2n) is 3.99. The van der Waals surface area contributed by atoms with Crippen molar-refractivity contribution in [1.82, 2.24) is 5.32 Å². The Morgan fingerprint density at radius 2 is 2.00 bits per heavy atom. The lowest BCUT2D eigenvalue weighted by Gasteiger charge is -2.09. The van der Waals surface area contributed by atoms with Gasteiger partial charge in [-0.25, -0.2) is 8.42 Å². The van der Waals surface area contributed by atoms with Crippen LogP contribution in [0.2, 0.25) is 0 Å². The van der Waals surface area contributed by atoms with Gasteiger partial charge in [0.05, 0.1) is 16.0 Å². The van der Waals surface area contributed by atoms with E-state index in [0.717, 1.165) is 12.0 Å². The van der Waals surface area contributed by atoms with Gasteiger partial charge in [0.15, 0.2) is 9.84 Å². The fourth-order valence-corrected chi connectivity index (χ4v) is 3.23. The number of benzene rings is 1. The number of amides is 1. The molecule has 1 aromatic rings. The van der Waals surface area contributed by atoms with Gasteiger partial charge in [-0.15, -0.1) is 11.8 Å². The molecule has 4 nitrogen and oxygen atoms in total. The van der Waals surface area contributed by atoms with Gasteiger partial charge in [-0.2, -0.15) is 0 Å². The molecular weight excluding hydrogens is 258 g/mol. The van der Waals surface area contributed by atoms with Crippen molar-refractivity contribution in [2.45, 2.75) is 16.7 Å². The van der Waals surface area contributed by atoms with Gasteiger partial charge in [0.1, 0.15) is 0 Å². The first-order valence-electron chi connectivity index (χ1n) is 5.15. The van der Waals surface area contributed by atoms with Crippen LogP contribution in [0, 0.1) is 0 Å². The number of carbonyl (C=O) groups excluding carboxylic acids is 1. The van der Waals surface area contributed by atoms with Crippen LogP contribution in [0.15, 0.2) is 29.2 Å². The van der Waals surface area contributed by atoms with E-state index >= 15 is 0 Å². The largest absolute Gasteiger partial charge is 0.343 e. The lowest BCUT2D eigenvalue weighted by Crippen LogP contribution is -2.26. The average Bonchev–Trinajstić information content (AvgIpc) is 2.63. The van der Waals surface area contributed by atoms with Crippen LogP contribution in [0.5, 0.6) is 0 Å². The van der Waals surface area contributed by atoms with Crippen molar-refractivity contribution in [2.24, 2.45) is 0 Å². The summed E-state index contributed by atoms with van der Waals surface area (Å²) in [7, 11) is -3.13. The van der Waals surface area contributed by atoms with E-state index in [1.54, 1.807) is 36.0 Å². The summed E-state index contributed by atoms with van der Waals surface area (Å²) in [6.07, 6.45) is 1.91. The van der Waals surface area contributed by atoms with Crippen LogP contribution < -0.4 is 5.32 Å². The monoisotopic (exact) mass is 271 g/mol. The summed E-state index contributed by atoms with van der Waals surface area (Å²) in [5.74, 6) is 0.569. The first-order chi connectivity index (χ1) is 7.95. The van der Waals surface area contributed by atoms with E-state index in [1.807, 2.05) is 0 Å². The van der Waals surface area contributed by atoms with E-state index in [4.69, 9.17) is 0 Å². The molecule has 0 spiro atoms. The molecule has 1 heterocycles. The third kappa shape index (κ3) is 3.23. The molecule has 0 aromatic heterocycles. The molecule has 2 rings (SSSR count). The third-order valence-corrected chi connectivity index (χ3v) is 4.75. The summed E-state index contributed by atoms with van der Waals surface area (Å²) in [4.78, 5) is 11.3. The highest BCUT2D eigenvalue weighted by molar-refractivity contribution is 8.01. The van der Waals surface area contributed by atoms with Gasteiger partial charge in [-0.1, -0.05) is 12.1 Å². The van der Waals surface area contributed by atoms with Crippen LogP contribution in [0.1, 0.15) is 5.56 Å². The van der Waals surface area contributed by atoms with Gasteiger partial charge < -0.3 is 5.32 Å². The van der Waals surface area contributed by atoms with Gasteiger partial charge in [-0.3, -0.25) is 4.79 Å². The number of nitrogens with one attached hydrogen (secondary N) is 1. The van der Waals surface area contributed by atoms with Gasteiger partial charge in [-0.05, 0) is 17.7 Å². The molecular formula is C11H13NO3S2. The minimum Gasteiger partial charge on any atom is -0.343 e. The fraction of sp³-hybridized carbons (Fsp3) is 0.364. The van der Waals surface area contributed by atoms with Gasteiger partial charge in [0.2, 0.25) is 5.91 Å². The normalized spacial score (nSPS) is 20.3. The Morgan fingerprint density at radius 1 is 1.35 bits per heavy atom. The summed E-state index contributed by atoms with van der Waals surface area (Å²) < 4.78 is 22.5. The first-order valence-corrected chi connectivity index (χ1v) is 8.09. The molecule has 6 heteroatoms. The quantitative estimate of drug-likeness (QED) is 0.884. The molecule has 1 aliphatic heterocycles. The van der Waals surface area contributed by atoms with E-state index in [2.05, 4.69) is 5.32 Å². The SMILES string of the molecule is CS(=O)(=O)c1ccc(CC2NC(=O)CS2)cc1. The number of carbonyl (C=O) groups is 1. The summed E-state index contributed by atoms with van der Waals surface area (Å²) in [6.45, 7) is 0. The van der Waals surface area contributed by atoms with Crippen LogP contribution in [0.3, 0.4) is 0 Å². The Kier molecular flexibility index (Phi) is 3.44. The van der Waals surface area contributed by atoms with E-state index in [-0.39, 0.29) is 11.3 Å². The lowest BCUT2D eigenvalue weighted by molar-refractivity contribution is -0.118.